The number of likely N-dealkylation sites (tertiary alicyclic amines) is 1. The van der Waals surface area contributed by atoms with Gasteiger partial charge in [0, 0.05) is 31.5 Å². The number of benzene rings is 1. The summed E-state index contributed by atoms with van der Waals surface area (Å²) in [5.74, 6) is -2.06. The van der Waals surface area contributed by atoms with Gasteiger partial charge in [-0.2, -0.15) is 0 Å². The Balaban J connectivity index is 1.66. The van der Waals surface area contributed by atoms with E-state index in [9.17, 15) is 18.4 Å². The SMILES string of the molecule is Cc1nonc1CC(=O)N1C[C@@H](c2cc(F)cc(F)c2)[C@@]2(CCCCC(=O)N2)C1. The standard InChI is InChI=1S/C20H22F2N4O3/c1-12-17(25-29-24-12)9-19(28)26-10-16(13-6-14(21)8-15(22)7-13)20(11-26)5-3-2-4-18(27)23-20/h6-8,16H,2-5,9-11H2,1H3,(H,23,27)/t16-,20+/m0/s1. The average molecular weight is 404 g/mol. The average Bonchev–Trinajstić information content (AvgIpc) is 3.16. The van der Waals surface area contributed by atoms with E-state index in [1.54, 1.807) is 11.8 Å². The molecule has 4 rings (SSSR count). The van der Waals surface area contributed by atoms with Crippen LogP contribution in [0.1, 0.15) is 48.6 Å². The fourth-order valence-electron chi connectivity index (χ4n) is 4.47. The lowest BCUT2D eigenvalue weighted by Gasteiger charge is -2.34. The quantitative estimate of drug-likeness (QED) is 0.848. The first-order chi connectivity index (χ1) is 13.9. The molecule has 2 fully saturated rings. The van der Waals surface area contributed by atoms with Crippen LogP contribution in [0.5, 0.6) is 0 Å². The molecule has 0 radical (unpaired) electrons. The fraction of sp³-hybridized carbons (Fsp3) is 0.500. The van der Waals surface area contributed by atoms with E-state index in [1.165, 1.54) is 12.1 Å². The Morgan fingerprint density at radius 1 is 1.28 bits per heavy atom. The number of nitrogens with zero attached hydrogens (tertiary/aromatic N) is 3. The van der Waals surface area contributed by atoms with E-state index < -0.39 is 23.1 Å². The molecule has 0 bridgehead atoms. The van der Waals surface area contributed by atoms with Crippen LogP contribution in [0.15, 0.2) is 22.8 Å². The number of hydrogen-bond acceptors (Lipinski definition) is 5. The lowest BCUT2D eigenvalue weighted by atomic mass is 9.79. The van der Waals surface area contributed by atoms with Gasteiger partial charge < -0.3 is 10.2 Å². The van der Waals surface area contributed by atoms with Crippen molar-refractivity contribution in [3.8, 4) is 0 Å². The van der Waals surface area contributed by atoms with Gasteiger partial charge in [0.2, 0.25) is 11.8 Å². The molecule has 2 saturated heterocycles. The van der Waals surface area contributed by atoms with Gasteiger partial charge in [0.05, 0.1) is 12.0 Å². The predicted octanol–water partition coefficient (Wildman–Crippen LogP) is 2.25. The Labute approximate surface area is 166 Å². The van der Waals surface area contributed by atoms with Crippen LogP contribution in [0.25, 0.3) is 0 Å². The normalized spacial score (nSPS) is 24.6. The minimum absolute atomic E-state index is 0.0175. The highest BCUT2D eigenvalue weighted by Gasteiger charge is 2.50. The topological polar surface area (TPSA) is 88.3 Å². The molecule has 1 aromatic carbocycles. The summed E-state index contributed by atoms with van der Waals surface area (Å²) in [5, 5.41) is 10.5. The van der Waals surface area contributed by atoms with Crippen molar-refractivity contribution in [2.24, 2.45) is 0 Å². The molecule has 3 heterocycles. The smallest absolute Gasteiger partial charge is 0.228 e. The van der Waals surface area contributed by atoms with Crippen LogP contribution in [-0.4, -0.2) is 45.7 Å². The minimum atomic E-state index is -0.749. The zero-order valence-electron chi connectivity index (χ0n) is 16.1. The van der Waals surface area contributed by atoms with Crippen LogP contribution in [0.3, 0.4) is 0 Å². The van der Waals surface area contributed by atoms with Gasteiger partial charge in [0.1, 0.15) is 23.0 Å². The number of rotatable bonds is 3. The van der Waals surface area contributed by atoms with E-state index in [4.69, 9.17) is 0 Å². The second-order valence-corrected chi connectivity index (χ2v) is 7.91. The van der Waals surface area contributed by atoms with Crippen molar-refractivity contribution in [3.63, 3.8) is 0 Å². The van der Waals surface area contributed by atoms with Crippen molar-refractivity contribution in [1.29, 1.82) is 0 Å². The maximum Gasteiger partial charge on any atom is 0.228 e. The monoisotopic (exact) mass is 404 g/mol. The van der Waals surface area contributed by atoms with Gasteiger partial charge in [0.25, 0.3) is 0 Å². The summed E-state index contributed by atoms with van der Waals surface area (Å²) in [6, 6.07) is 3.39. The van der Waals surface area contributed by atoms with E-state index >= 15 is 0 Å². The fourth-order valence-corrected chi connectivity index (χ4v) is 4.47. The first-order valence-corrected chi connectivity index (χ1v) is 9.69. The van der Waals surface area contributed by atoms with Gasteiger partial charge in [-0.05, 0) is 37.5 Å². The Kier molecular flexibility index (Phi) is 5.06. The number of nitrogens with one attached hydrogen (secondary N) is 1. The number of aryl methyl sites for hydroxylation is 1. The summed E-state index contributed by atoms with van der Waals surface area (Å²) in [5.41, 5.74) is 0.688. The third kappa shape index (κ3) is 3.86. The van der Waals surface area contributed by atoms with Crippen molar-refractivity contribution in [2.75, 3.05) is 13.1 Å². The van der Waals surface area contributed by atoms with E-state index in [0.29, 0.717) is 29.8 Å². The van der Waals surface area contributed by atoms with Crippen LogP contribution in [-0.2, 0) is 16.0 Å². The van der Waals surface area contributed by atoms with Crippen LogP contribution < -0.4 is 5.32 Å². The molecule has 2 atom stereocenters. The number of carbonyl (C=O) groups is 2. The van der Waals surface area contributed by atoms with Crippen LogP contribution in [0, 0.1) is 18.6 Å². The number of aromatic nitrogens is 2. The molecule has 2 aromatic rings. The molecule has 154 valence electrons. The number of hydrogen-bond donors (Lipinski definition) is 1. The molecule has 2 aliphatic rings. The zero-order valence-corrected chi connectivity index (χ0v) is 16.1. The molecule has 0 saturated carbocycles. The van der Waals surface area contributed by atoms with Gasteiger partial charge in [-0.25, -0.2) is 13.4 Å². The predicted molar refractivity (Wildman–Crippen MR) is 97.8 cm³/mol. The van der Waals surface area contributed by atoms with Gasteiger partial charge in [0.15, 0.2) is 0 Å². The first kappa shape index (κ1) is 19.5. The van der Waals surface area contributed by atoms with Gasteiger partial charge in [-0.3, -0.25) is 9.59 Å². The van der Waals surface area contributed by atoms with E-state index in [0.717, 1.165) is 18.9 Å². The molecule has 2 aliphatic heterocycles. The highest BCUT2D eigenvalue weighted by molar-refractivity contribution is 5.81. The summed E-state index contributed by atoms with van der Waals surface area (Å²) < 4.78 is 32.5. The van der Waals surface area contributed by atoms with Gasteiger partial charge >= 0.3 is 0 Å². The molecule has 1 N–H and O–H groups in total. The maximum absolute atomic E-state index is 13.9. The molecule has 1 spiro atoms. The van der Waals surface area contributed by atoms with E-state index in [-0.39, 0.29) is 31.3 Å². The lowest BCUT2D eigenvalue weighted by molar-refractivity contribution is -0.130. The highest BCUT2D eigenvalue weighted by atomic mass is 19.1. The zero-order chi connectivity index (χ0) is 20.6. The van der Waals surface area contributed by atoms with Crippen molar-refractivity contribution in [3.05, 3.63) is 46.8 Å². The second-order valence-electron chi connectivity index (χ2n) is 7.91. The molecule has 2 amide bonds. The molecule has 0 unspecified atom stereocenters. The summed E-state index contributed by atoms with van der Waals surface area (Å²) in [4.78, 5) is 26.9. The molecule has 29 heavy (non-hydrogen) atoms. The molecule has 1 aromatic heterocycles. The van der Waals surface area contributed by atoms with Crippen LogP contribution in [0.2, 0.25) is 0 Å². The molecule has 0 aliphatic carbocycles. The minimum Gasteiger partial charge on any atom is -0.348 e. The molecular formula is C20H22F2N4O3. The summed E-state index contributed by atoms with van der Waals surface area (Å²) in [6.07, 6.45) is 2.60. The lowest BCUT2D eigenvalue weighted by Crippen LogP contribution is -2.53. The van der Waals surface area contributed by atoms with Crippen LogP contribution >= 0.6 is 0 Å². The van der Waals surface area contributed by atoms with Crippen molar-refractivity contribution in [1.82, 2.24) is 20.5 Å². The summed E-state index contributed by atoms with van der Waals surface area (Å²) in [6.45, 7) is 2.24. The van der Waals surface area contributed by atoms with Crippen LogP contribution in [0.4, 0.5) is 8.78 Å². The van der Waals surface area contributed by atoms with Crippen molar-refractivity contribution >= 4 is 11.8 Å². The van der Waals surface area contributed by atoms with Crippen molar-refractivity contribution in [2.45, 2.75) is 50.5 Å². The maximum atomic E-state index is 13.9. The van der Waals surface area contributed by atoms with E-state index in [1.807, 2.05) is 0 Å². The molecule has 7 nitrogen and oxygen atoms in total. The van der Waals surface area contributed by atoms with E-state index in [2.05, 4.69) is 20.3 Å². The van der Waals surface area contributed by atoms with Crippen molar-refractivity contribution < 1.29 is 23.0 Å². The number of carbonyl (C=O) groups excluding carboxylic acids is 2. The molecular weight excluding hydrogens is 382 g/mol. The van der Waals surface area contributed by atoms with Gasteiger partial charge in [-0.15, -0.1) is 0 Å². The third-order valence-electron chi connectivity index (χ3n) is 5.91. The number of halogens is 2. The summed E-state index contributed by atoms with van der Waals surface area (Å²) in [7, 11) is 0. The summed E-state index contributed by atoms with van der Waals surface area (Å²) >= 11 is 0. The Morgan fingerprint density at radius 3 is 2.72 bits per heavy atom. The highest BCUT2D eigenvalue weighted by Crippen LogP contribution is 2.41. The number of amides is 2. The Hall–Kier alpha value is -2.84. The largest absolute Gasteiger partial charge is 0.348 e. The molecule has 9 heteroatoms. The Morgan fingerprint density at radius 2 is 2.03 bits per heavy atom. The first-order valence-electron chi connectivity index (χ1n) is 9.69. The van der Waals surface area contributed by atoms with Gasteiger partial charge in [-0.1, -0.05) is 16.7 Å². The third-order valence-corrected chi connectivity index (χ3v) is 5.91. The Bertz CT molecular complexity index is 927. The second kappa shape index (κ2) is 7.53.